The predicted molar refractivity (Wildman–Crippen MR) is 79.5 cm³/mol. The Balaban J connectivity index is 1.89. The van der Waals surface area contributed by atoms with Gasteiger partial charge in [-0.2, -0.15) is 4.31 Å². The topological polar surface area (TPSA) is 37.4 Å². The fourth-order valence-electron chi connectivity index (χ4n) is 2.76. The molecule has 0 radical (unpaired) electrons. The molecule has 3 nitrogen and oxygen atoms in total. The van der Waals surface area contributed by atoms with E-state index in [9.17, 15) is 26.0 Å². The van der Waals surface area contributed by atoms with Gasteiger partial charge in [-0.1, -0.05) is 6.07 Å². The van der Waals surface area contributed by atoms with E-state index in [2.05, 4.69) is 0 Å². The maximum atomic E-state index is 13.7. The van der Waals surface area contributed by atoms with E-state index in [4.69, 9.17) is 0 Å². The third-order valence-corrected chi connectivity index (χ3v) is 5.74. The van der Waals surface area contributed by atoms with Gasteiger partial charge >= 0.3 is 0 Å². The van der Waals surface area contributed by atoms with Crippen molar-refractivity contribution in [2.24, 2.45) is 0 Å². The maximum absolute atomic E-state index is 13.7. The molecule has 3 rings (SSSR count). The monoisotopic (exact) mass is 359 g/mol. The van der Waals surface area contributed by atoms with Crippen molar-refractivity contribution in [1.29, 1.82) is 0 Å². The molecule has 0 spiro atoms. The highest BCUT2D eigenvalue weighted by atomic mass is 32.2. The highest BCUT2D eigenvalue weighted by Crippen LogP contribution is 2.26. The summed E-state index contributed by atoms with van der Waals surface area (Å²) in [5, 5.41) is 0. The molecule has 0 atom stereocenters. The van der Waals surface area contributed by atoms with Gasteiger partial charge in [-0.05, 0) is 35.7 Å². The van der Waals surface area contributed by atoms with Crippen molar-refractivity contribution in [3.05, 3.63) is 70.3 Å². The van der Waals surface area contributed by atoms with Crippen LogP contribution < -0.4 is 0 Å². The Bertz CT molecular complexity index is 879. The van der Waals surface area contributed by atoms with Gasteiger partial charge in [0.25, 0.3) is 0 Å². The molecule has 0 saturated carbocycles. The van der Waals surface area contributed by atoms with Gasteiger partial charge in [0.05, 0.1) is 5.75 Å². The molecule has 0 amide bonds. The third-order valence-electron chi connectivity index (χ3n) is 3.99. The van der Waals surface area contributed by atoms with E-state index in [1.165, 1.54) is 0 Å². The second kappa shape index (κ2) is 6.18. The zero-order chi connectivity index (χ0) is 17.5. The van der Waals surface area contributed by atoms with E-state index in [-0.39, 0.29) is 30.6 Å². The molecule has 24 heavy (non-hydrogen) atoms. The minimum atomic E-state index is -4.04. The van der Waals surface area contributed by atoms with Crippen LogP contribution in [0.1, 0.15) is 16.7 Å². The number of rotatable bonds is 3. The first-order valence-electron chi connectivity index (χ1n) is 7.15. The summed E-state index contributed by atoms with van der Waals surface area (Å²) in [4.78, 5) is 0. The lowest BCUT2D eigenvalue weighted by Crippen LogP contribution is -2.37. The Morgan fingerprint density at radius 1 is 1.00 bits per heavy atom. The van der Waals surface area contributed by atoms with Crippen molar-refractivity contribution in [3.63, 3.8) is 0 Å². The summed E-state index contributed by atoms with van der Waals surface area (Å²) in [5.74, 6) is -4.27. The largest absolute Gasteiger partial charge is 0.218 e. The van der Waals surface area contributed by atoms with Crippen molar-refractivity contribution in [2.75, 3.05) is 6.54 Å². The average molecular weight is 359 g/mol. The molecule has 0 bridgehead atoms. The van der Waals surface area contributed by atoms with Crippen LogP contribution in [0.3, 0.4) is 0 Å². The molecule has 0 unspecified atom stereocenters. The molecule has 0 fully saturated rings. The van der Waals surface area contributed by atoms with Crippen LogP contribution in [0.4, 0.5) is 17.6 Å². The normalized spacial score (nSPS) is 15.3. The molecule has 1 heterocycles. The first-order chi connectivity index (χ1) is 11.3. The van der Waals surface area contributed by atoms with Crippen LogP contribution in [0.2, 0.25) is 0 Å². The smallest absolute Gasteiger partial charge is 0.212 e. The molecule has 8 heteroatoms. The van der Waals surface area contributed by atoms with Gasteiger partial charge in [0.1, 0.15) is 23.3 Å². The van der Waals surface area contributed by atoms with E-state index in [0.717, 1.165) is 34.6 Å². The summed E-state index contributed by atoms with van der Waals surface area (Å²) < 4.78 is 80.2. The van der Waals surface area contributed by atoms with Crippen LogP contribution in [0.15, 0.2) is 30.3 Å². The van der Waals surface area contributed by atoms with Crippen molar-refractivity contribution < 1.29 is 26.0 Å². The quantitative estimate of drug-likeness (QED) is 0.790. The lowest BCUT2D eigenvalue weighted by Gasteiger charge is -2.28. The number of nitrogens with zero attached hydrogens (tertiary/aromatic N) is 1. The van der Waals surface area contributed by atoms with E-state index >= 15 is 0 Å². The number of hydrogen-bond acceptors (Lipinski definition) is 2. The van der Waals surface area contributed by atoms with Crippen molar-refractivity contribution in [3.8, 4) is 0 Å². The highest BCUT2D eigenvalue weighted by Gasteiger charge is 2.30. The van der Waals surface area contributed by atoms with Crippen LogP contribution >= 0.6 is 0 Å². The van der Waals surface area contributed by atoms with E-state index in [0.29, 0.717) is 0 Å². The number of fused-ring (bicyclic) bond motifs is 1. The zero-order valence-electron chi connectivity index (χ0n) is 12.4. The summed E-state index contributed by atoms with van der Waals surface area (Å²) in [6, 6.07) is 4.92. The lowest BCUT2D eigenvalue weighted by molar-refractivity contribution is 0.381. The first-order valence-corrected chi connectivity index (χ1v) is 8.76. The summed E-state index contributed by atoms with van der Waals surface area (Å²) in [6.45, 7) is -0.267. The van der Waals surface area contributed by atoms with Gasteiger partial charge in [-0.15, -0.1) is 0 Å². The molecule has 0 aliphatic carbocycles. The molecule has 2 aromatic carbocycles. The third kappa shape index (κ3) is 3.16. The number of hydrogen-bond donors (Lipinski definition) is 0. The summed E-state index contributed by atoms with van der Waals surface area (Å²) in [6.07, 6.45) is 0.0699. The minimum absolute atomic E-state index is 0.0338. The van der Waals surface area contributed by atoms with Crippen LogP contribution in [-0.4, -0.2) is 19.3 Å². The summed E-state index contributed by atoms with van der Waals surface area (Å²) >= 11 is 0. The van der Waals surface area contributed by atoms with Crippen LogP contribution in [0.5, 0.6) is 0 Å². The molecule has 2 aromatic rings. The predicted octanol–water partition coefficient (Wildman–Crippen LogP) is 3.13. The molecule has 0 saturated heterocycles. The Morgan fingerprint density at radius 2 is 1.67 bits per heavy atom. The average Bonchev–Trinajstić information content (AvgIpc) is 2.50. The van der Waals surface area contributed by atoms with Crippen LogP contribution in [0, 0.1) is 23.3 Å². The second-order valence-corrected chi connectivity index (χ2v) is 7.53. The molecular weight excluding hydrogens is 346 g/mol. The van der Waals surface area contributed by atoms with Gasteiger partial charge < -0.3 is 0 Å². The molecule has 0 N–H and O–H groups in total. The van der Waals surface area contributed by atoms with E-state index in [1.807, 2.05) is 0 Å². The SMILES string of the molecule is O=S(=O)(Cc1c(F)cccc1F)N1CCc2c(F)cc(F)cc2C1. The Hall–Kier alpha value is -1.93. The van der Waals surface area contributed by atoms with E-state index < -0.39 is 44.6 Å². The Labute approximate surface area is 136 Å². The standard InChI is InChI=1S/C16H13F4NO2S/c17-11-6-10-8-21(5-4-12(10)16(20)7-11)24(22,23)9-13-14(18)2-1-3-15(13)19/h1-3,6-7H,4-5,8-9H2. The van der Waals surface area contributed by atoms with Crippen molar-refractivity contribution in [1.82, 2.24) is 4.31 Å². The van der Waals surface area contributed by atoms with E-state index in [1.54, 1.807) is 0 Å². The number of benzene rings is 2. The number of sulfonamides is 1. The van der Waals surface area contributed by atoms with Crippen LogP contribution in [-0.2, 0) is 28.7 Å². The van der Waals surface area contributed by atoms with Gasteiger partial charge in [0.15, 0.2) is 0 Å². The minimum Gasteiger partial charge on any atom is -0.212 e. The van der Waals surface area contributed by atoms with Gasteiger partial charge in [-0.25, -0.2) is 26.0 Å². The summed E-state index contributed by atoms with van der Waals surface area (Å²) in [7, 11) is -4.04. The van der Waals surface area contributed by atoms with Crippen LogP contribution in [0.25, 0.3) is 0 Å². The maximum Gasteiger partial charge on any atom is 0.218 e. The first kappa shape index (κ1) is 16.9. The second-order valence-electron chi connectivity index (χ2n) is 5.57. The van der Waals surface area contributed by atoms with Crippen molar-refractivity contribution in [2.45, 2.75) is 18.7 Å². The van der Waals surface area contributed by atoms with Crippen molar-refractivity contribution >= 4 is 10.0 Å². The Kier molecular flexibility index (Phi) is 4.35. The summed E-state index contributed by atoms with van der Waals surface area (Å²) in [5.41, 5.74) is -0.0648. The van der Waals surface area contributed by atoms with Gasteiger partial charge in [0.2, 0.25) is 10.0 Å². The number of halogens is 4. The fourth-order valence-corrected chi connectivity index (χ4v) is 4.29. The zero-order valence-corrected chi connectivity index (χ0v) is 13.2. The lowest BCUT2D eigenvalue weighted by atomic mass is 10.0. The Morgan fingerprint density at radius 3 is 2.33 bits per heavy atom. The molecule has 1 aliphatic heterocycles. The fraction of sp³-hybridized carbons (Fsp3) is 0.250. The molecular formula is C16H13F4NO2S. The molecule has 0 aromatic heterocycles. The molecule has 128 valence electrons. The van der Waals surface area contributed by atoms with Gasteiger partial charge in [0, 0.05) is 24.7 Å². The van der Waals surface area contributed by atoms with Gasteiger partial charge in [-0.3, -0.25) is 0 Å². The highest BCUT2D eigenvalue weighted by molar-refractivity contribution is 7.88. The molecule has 1 aliphatic rings.